The highest BCUT2D eigenvalue weighted by atomic mass is 19.1. The van der Waals surface area contributed by atoms with Crippen molar-refractivity contribution in [3.8, 4) is 11.5 Å². The highest BCUT2D eigenvalue weighted by Crippen LogP contribution is 2.16. The molecule has 0 aromatic heterocycles. The third-order valence-corrected chi connectivity index (χ3v) is 3.33. The molecule has 24 heavy (non-hydrogen) atoms. The number of hydrogen-bond acceptors (Lipinski definition) is 3. The summed E-state index contributed by atoms with van der Waals surface area (Å²) in [5, 5.41) is 5.45. The number of urea groups is 1. The molecule has 0 radical (unpaired) electrons. The molecule has 6 heteroatoms. The molecule has 0 atom stereocenters. The fourth-order valence-corrected chi connectivity index (χ4v) is 2.04. The summed E-state index contributed by atoms with van der Waals surface area (Å²) in [5.74, 6) is 1.22. The van der Waals surface area contributed by atoms with Gasteiger partial charge >= 0.3 is 6.03 Å². The highest BCUT2D eigenvalue weighted by molar-refractivity contribution is 5.73. The molecule has 2 rings (SSSR count). The Morgan fingerprint density at radius 3 is 2.25 bits per heavy atom. The minimum absolute atomic E-state index is 0.254. The number of carbonyl (C=O) groups excluding carboxylic acids is 1. The highest BCUT2D eigenvalue weighted by Gasteiger charge is 2.01. The maximum absolute atomic E-state index is 12.8. The number of carbonyl (C=O) groups is 1. The molecule has 0 bridgehead atoms. The van der Waals surface area contributed by atoms with Gasteiger partial charge in [-0.15, -0.1) is 0 Å². The van der Waals surface area contributed by atoms with Crippen molar-refractivity contribution in [2.45, 2.75) is 6.42 Å². The molecular formula is C18H21FN2O3. The van der Waals surface area contributed by atoms with E-state index in [2.05, 4.69) is 10.6 Å². The molecule has 0 fully saturated rings. The van der Waals surface area contributed by atoms with Gasteiger partial charge in [0.15, 0.2) is 0 Å². The Balaban J connectivity index is 1.56. The number of benzene rings is 2. The van der Waals surface area contributed by atoms with Crippen LogP contribution in [0.5, 0.6) is 11.5 Å². The molecule has 0 saturated carbocycles. The van der Waals surface area contributed by atoms with Gasteiger partial charge in [-0.05, 0) is 48.4 Å². The van der Waals surface area contributed by atoms with Gasteiger partial charge in [-0.25, -0.2) is 9.18 Å². The van der Waals surface area contributed by atoms with E-state index in [-0.39, 0.29) is 11.8 Å². The summed E-state index contributed by atoms with van der Waals surface area (Å²) in [6.07, 6.45) is 0.649. The predicted molar refractivity (Wildman–Crippen MR) is 90.0 cm³/mol. The standard InChI is InChI=1S/C18H21FN2O3/c1-23-16-6-8-17(9-7-16)24-13-12-21-18(22)20-11-10-14-2-4-15(19)5-3-14/h2-9H,10-13H2,1H3,(H2,20,21,22). The number of halogens is 1. The van der Waals surface area contributed by atoms with Crippen LogP contribution >= 0.6 is 0 Å². The van der Waals surface area contributed by atoms with Crippen molar-refractivity contribution in [1.82, 2.24) is 10.6 Å². The van der Waals surface area contributed by atoms with E-state index in [1.165, 1.54) is 12.1 Å². The lowest BCUT2D eigenvalue weighted by Gasteiger charge is -2.09. The molecule has 0 heterocycles. The van der Waals surface area contributed by atoms with Gasteiger partial charge in [0.1, 0.15) is 23.9 Å². The maximum atomic E-state index is 12.8. The largest absolute Gasteiger partial charge is 0.497 e. The summed E-state index contributed by atoms with van der Waals surface area (Å²) in [7, 11) is 1.61. The molecule has 5 nitrogen and oxygen atoms in total. The van der Waals surface area contributed by atoms with Crippen LogP contribution in [0.4, 0.5) is 9.18 Å². The monoisotopic (exact) mass is 332 g/mol. The molecule has 0 spiro atoms. The van der Waals surface area contributed by atoms with Crippen LogP contribution in [0.2, 0.25) is 0 Å². The summed E-state index contributed by atoms with van der Waals surface area (Å²) < 4.78 is 23.3. The molecular weight excluding hydrogens is 311 g/mol. The van der Waals surface area contributed by atoms with E-state index in [1.807, 2.05) is 24.3 Å². The molecule has 0 saturated heterocycles. The molecule has 2 aromatic rings. The summed E-state index contributed by atoms with van der Waals surface area (Å²) in [6.45, 7) is 1.25. The number of nitrogens with one attached hydrogen (secondary N) is 2. The molecule has 0 unspecified atom stereocenters. The van der Waals surface area contributed by atoms with Crippen LogP contribution in [0, 0.1) is 5.82 Å². The normalized spacial score (nSPS) is 10.1. The molecule has 2 N–H and O–H groups in total. The van der Waals surface area contributed by atoms with Crippen molar-refractivity contribution in [2.75, 3.05) is 26.8 Å². The number of rotatable bonds is 8. The van der Waals surface area contributed by atoms with Gasteiger partial charge in [0.05, 0.1) is 13.7 Å². The lowest BCUT2D eigenvalue weighted by Crippen LogP contribution is -2.38. The maximum Gasteiger partial charge on any atom is 0.314 e. The predicted octanol–water partition coefficient (Wildman–Crippen LogP) is 2.76. The first kappa shape index (κ1) is 17.6. The van der Waals surface area contributed by atoms with Crippen LogP contribution in [0.15, 0.2) is 48.5 Å². The van der Waals surface area contributed by atoms with Gasteiger partial charge < -0.3 is 20.1 Å². The number of amides is 2. The van der Waals surface area contributed by atoms with Crippen LogP contribution in [-0.4, -0.2) is 32.8 Å². The van der Waals surface area contributed by atoms with Crippen LogP contribution in [-0.2, 0) is 6.42 Å². The third-order valence-electron chi connectivity index (χ3n) is 3.33. The molecule has 128 valence electrons. The molecule has 2 amide bonds. The lowest BCUT2D eigenvalue weighted by atomic mass is 10.1. The second-order valence-corrected chi connectivity index (χ2v) is 5.08. The Bertz CT molecular complexity index is 630. The van der Waals surface area contributed by atoms with E-state index in [9.17, 15) is 9.18 Å². The SMILES string of the molecule is COc1ccc(OCCNC(=O)NCCc2ccc(F)cc2)cc1. The van der Waals surface area contributed by atoms with Crippen LogP contribution in [0.1, 0.15) is 5.56 Å². The Hall–Kier alpha value is -2.76. The second-order valence-electron chi connectivity index (χ2n) is 5.08. The van der Waals surface area contributed by atoms with E-state index >= 15 is 0 Å². The van der Waals surface area contributed by atoms with Gasteiger partial charge in [0, 0.05) is 6.54 Å². The zero-order valence-corrected chi connectivity index (χ0v) is 13.5. The van der Waals surface area contributed by atoms with Gasteiger partial charge in [-0.1, -0.05) is 12.1 Å². The Morgan fingerprint density at radius 1 is 0.958 bits per heavy atom. The van der Waals surface area contributed by atoms with E-state index in [1.54, 1.807) is 19.2 Å². The smallest absolute Gasteiger partial charge is 0.314 e. The van der Waals surface area contributed by atoms with E-state index < -0.39 is 0 Å². The molecule has 0 aliphatic heterocycles. The second kappa shape index (κ2) is 9.39. The first-order valence-electron chi connectivity index (χ1n) is 7.70. The number of methoxy groups -OCH3 is 1. The fraction of sp³-hybridized carbons (Fsp3) is 0.278. The van der Waals surface area contributed by atoms with Crippen molar-refractivity contribution >= 4 is 6.03 Å². The van der Waals surface area contributed by atoms with Crippen molar-refractivity contribution in [2.24, 2.45) is 0 Å². The van der Waals surface area contributed by atoms with Gasteiger partial charge in [-0.3, -0.25) is 0 Å². The van der Waals surface area contributed by atoms with E-state index in [0.717, 1.165) is 11.3 Å². The topological polar surface area (TPSA) is 59.6 Å². The summed E-state index contributed by atoms with van der Waals surface area (Å²) in [4.78, 5) is 11.6. The van der Waals surface area contributed by atoms with Crippen molar-refractivity contribution in [1.29, 1.82) is 0 Å². The first-order chi connectivity index (χ1) is 11.7. The average molecular weight is 332 g/mol. The minimum Gasteiger partial charge on any atom is -0.497 e. The quantitative estimate of drug-likeness (QED) is 0.731. The van der Waals surface area contributed by atoms with Crippen LogP contribution in [0.3, 0.4) is 0 Å². The van der Waals surface area contributed by atoms with Gasteiger partial charge in [0.2, 0.25) is 0 Å². The fourth-order valence-electron chi connectivity index (χ4n) is 2.04. The molecule has 2 aromatic carbocycles. The number of ether oxygens (including phenoxy) is 2. The first-order valence-corrected chi connectivity index (χ1v) is 7.70. The Kier molecular flexibility index (Phi) is 6.89. The van der Waals surface area contributed by atoms with E-state index in [4.69, 9.17) is 9.47 Å². The van der Waals surface area contributed by atoms with Crippen LogP contribution < -0.4 is 20.1 Å². The van der Waals surface area contributed by atoms with E-state index in [0.29, 0.717) is 31.9 Å². The van der Waals surface area contributed by atoms with Crippen molar-refractivity contribution in [3.63, 3.8) is 0 Å². The minimum atomic E-state index is -0.263. The van der Waals surface area contributed by atoms with Gasteiger partial charge in [-0.2, -0.15) is 0 Å². The lowest BCUT2D eigenvalue weighted by molar-refractivity contribution is 0.236. The van der Waals surface area contributed by atoms with Gasteiger partial charge in [0.25, 0.3) is 0 Å². The average Bonchev–Trinajstić information content (AvgIpc) is 2.61. The van der Waals surface area contributed by atoms with Crippen molar-refractivity contribution < 1.29 is 18.7 Å². The zero-order valence-electron chi connectivity index (χ0n) is 13.5. The summed E-state index contributed by atoms with van der Waals surface area (Å²) >= 11 is 0. The molecule has 0 aliphatic rings. The third kappa shape index (κ3) is 6.16. The molecule has 0 aliphatic carbocycles. The Morgan fingerprint density at radius 2 is 1.58 bits per heavy atom. The summed E-state index contributed by atoms with van der Waals surface area (Å²) in [5.41, 5.74) is 0.972. The zero-order chi connectivity index (χ0) is 17.2. The Labute approximate surface area is 140 Å². The van der Waals surface area contributed by atoms with Crippen molar-refractivity contribution in [3.05, 3.63) is 59.9 Å². The summed E-state index contributed by atoms with van der Waals surface area (Å²) in [6, 6.07) is 13.2. The number of hydrogen-bond donors (Lipinski definition) is 2. The van der Waals surface area contributed by atoms with Crippen LogP contribution in [0.25, 0.3) is 0 Å².